The molecule has 1 aromatic heterocycles. The molecule has 0 saturated heterocycles. The van der Waals surface area contributed by atoms with E-state index in [2.05, 4.69) is 22.1 Å². The number of aryl methyl sites for hydroxylation is 1. The second-order valence-corrected chi connectivity index (χ2v) is 7.19. The topological polar surface area (TPSA) is 51.2 Å². The summed E-state index contributed by atoms with van der Waals surface area (Å²) in [5, 5.41) is 3.65. The lowest BCUT2D eigenvalue weighted by atomic mass is 9.78. The van der Waals surface area contributed by atoms with Crippen LogP contribution in [0.25, 0.3) is 0 Å². The van der Waals surface area contributed by atoms with Gasteiger partial charge in [0.1, 0.15) is 12.4 Å². The lowest BCUT2D eigenvalue weighted by Crippen LogP contribution is -2.42. The van der Waals surface area contributed by atoms with Crippen molar-refractivity contribution in [2.24, 2.45) is 0 Å². The third-order valence-corrected chi connectivity index (χ3v) is 5.20. The number of carbonyl (C=O) groups excluding carboxylic acids is 1. The Balaban J connectivity index is 1.53. The fraction of sp³-hybridized carbons (Fsp3) is 0.364. The number of carbonyl (C=O) groups is 1. The Bertz CT molecular complexity index is 829. The second kappa shape index (κ2) is 8.92. The van der Waals surface area contributed by atoms with Gasteiger partial charge in [-0.05, 0) is 49.6 Å². The minimum absolute atomic E-state index is 0.0419. The number of amides is 1. The largest absolute Gasteiger partial charge is 0.479 e. The first kappa shape index (κ1) is 19.3. The molecule has 1 heterocycles. The van der Waals surface area contributed by atoms with Crippen molar-refractivity contribution in [1.29, 1.82) is 0 Å². The molecule has 1 fully saturated rings. The molecule has 5 heteroatoms. The SMILES string of the molecule is Cc1ccc(OCC#CCNC(=O)C2(c3ccc(Cl)cc3)CCCC2)cn1. The molecular weight excluding hydrogens is 360 g/mol. The van der Waals surface area contributed by atoms with E-state index >= 15 is 0 Å². The van der Waals surface area contributed by atoms with E-state index in [4.69, 9.17) is 16.3 Å². The van der Waals surface area contributed by atoms with Crippen LogP contribution in [0.15, 0.2) is 42.6 Å². The van der Waals surface area contributed by atoms with Gasteiger partial charge in [0.2, 0.25) is 5.91 Å². The third-order valence-electron chi connectivity index (χ3n) is 4.95. The Morgan fingerprint density at radius 1 is 1.19 bits per heavy atom. The average molecular weight is 383 g/mol. The van der Waals surface area contributed by atoms with Gasteiger partial charge in [-0.2, -0.15) is 0 Å². The number of hydrogen-bond acceptors (Lipinski definition) is 3. The van der Waals surface area contributed by atoms with Crippen LogP contribution in [0.4, 0.5) is 0 Å². The number of halogens is 1. The Morgan fingerprint density at radius 3 is 2.59 bits per heavy atom. The molecule has 0 aliphatic heterocycles. The maximum atomic E-state index is 12.9. The van der Waals surface area contributed by atoms with Crippen LogP contribution in [0.3, 0.4) is 0 Å². The van der Waals surface area contributed by atoms with Gasteiger partial charge in [-0.15, -0.1) is 0 Å². The van der Waals surface area contributed by atoms with E-state index in [1.165, 1.54) is 0 Å². The van der Waals surface area contributed by atoms with Gasteiger partial charge in [0, 0.05) is 10.7 Å². The standard InChI is InChI=1S/C22H23ClN2O2/c1-17-6-11-20(16-25-17)27-15-5-4-14-24-21(26)22(12-2-3-13-22)18-7-9-19(23)10-8-18/h6-11,16H,2-3,12-15H2,1H3,(H,24,26). The Hall–Kier alpha value is -2.51. The molecule has 0 unspecified atom stereocenters. The minimum Gasteiger partial charge on any atom is -0.479 e. The molecule has 4 nitrogen and oxygen atoms in total. The molecule has 3 rings (SSSR count). The summed E-state index contributed by atoms with van der Waals surface area (Å²) in [6.45, 7) is 2.50. The lowest BCUT2D eigenvalue weighted by Gasteiger charge is -2.28. The van der Waals surface area contributed by atoms with E-state index in [0.717, 1.165) is 36.9 Å². The summed E-state index contributed by atoms with van der Waals surface area (Å²) in [5.74, 6) is 6.60. The number of rotatable bonds is 5. The average Bonchev–Trinajstić information content (AvgIpc) is 3.17. The summed E-state index contributed by atoms with van der Waals surface area (Å²) in [7, 11) is 0. The first-order chi connectivity index (χ1) is 13.1. The molecule has 1 N–H and O–H groups in total. The Labute approximate surface area is 165 Å². The van der Waals surface area contributed by atoms with Crippen molar-refractivity contribution in [3.8, 4) is 17.6 Å². The number of pyridine rings is 1. The van der Waals surface area contributed by atoms with Gasteiger partial charge in [0.15, 0.2) is 0 Å². The molecule has 1 amide bonds. The normalized spacial score (nSPS) is 14.9. The van der Waals surface area contributed by atoms with E-state index in [-0.39, 0.29) is 12.5 Å². The molecule has 0 bridgehead atoms. The maximum absolute atomic E-state index is 12.9. The van der Waals surface area contributed by atoms with Crippen molar-refractivity contribution >= 4 is 17.5 Å². The first-order valence-electron chi connectivity index (χ1n) is 9.16. The quantitative estimate of drug-likeness (QED) is 0.793. The van der Waals surface area contributed by atoms with Crippen LogP contribution < -0.4 is 10.1 Å². The molecule has 1 aromatic carbocycles. The summed E-state index contributed by atoms with van der Waals surface area (Å²) in [5.41, 5.74) is 1.51. The fourth-order valence-corrected chi connectivity index (χ4v) is 3.59. The predicted molar refractivity (Wildman–Crippen MR) is 107 cm³/mol. The van der Waals surface area contributed by atoms with Crippen LogP contribution in [0, 0.1) is 18.8 Å². The van der Waals surface area contributed by atoms with Crippen LogP contribution in [-0.4, -0.2) is 24.0 Å². The smallest absolute Gasteiger partial charge is 0.231 e. The van der Waals surface area contributed by atoms with Gasteiger partial charge in [-0.3, -0.25) is 9.78 Å². The zero-order valence-electron chi connectivity index (χ0n) is 15.4. The summed E-state index contributed by atoms with van der Waals surface area (Å²) >= 11 is 5.99. The highest BCUT2D eigenvalue weighted by Crippen LogP contribution is 2.41. The van der Waals surface area contributed by atoms with E-state index in [9.17, 15) is 4.79 Å². The van der Waals surface area contributed by atoms with Gasteiger partial charge in [-0.25, -0.2) is 0 Å². The summed E-state index contributed by atoms with van der Waals surface area (Å²) < 4.78 is 5.51. The molecule has 2 aromatic rings. The second-order valence-electron chi connectivity index (χ2n) is 6.76. The fourth-order valence-electron chi connectivity index (χ4n) is 3.46. The van der Waals surface area contributed by atoms with E-state index in [1.807, 2.05) is 43.3 Å². The number of nitrogens with one attached hydrogen (secondary N) is 1. The van der Waals surface area contributed by atoms with Crippen LogP contribution >= 0.6 is 11.6 Å². The van der Waals surface area contributed by atoms with Gasteiger partial charge < -0.3 is 10.1 Å². The van der Waals surface area contributed by atoms with Crippen molar-refractivity contribution in [2.75, 3.05) is 13.2 Å². The van der Waals surface area contributed by atoms with Crippen molar-refractivity contribution < 1.29 is 9.53 Å². The van der Waals surface area contributed by atoms with E-state index < -0.39 is 5.41 Å². The van der Waals surface area contributed by atoms with Crippen LogP contribution in [0.5, 0.6) is 5.75 Å². The Morgan fingerprint density at radius 2 is 1.93 bits per heavy atom. The maximum Gasteiger partial charge on any atom is 0.231 e. The van der Waals surface area contributed by atoms with Crippen LogP contribution in [-0.2, 0) is 10.2 Å². The van der Waals surface area contributed by atoms with Crippen molar-refractivity contribution in [3.05, 3.63) is 58.9 Å². The van der Waals surface area contributed by atoms with Crippen molar-refractivity contribution in [1.82, 2.24) is 10.3 Å². The number of aromatic nitrogens is 1. The van der Waals surface area contributed by atoms with Crippen molar-refractivity contribution in [3.63, 3.8) is 0 Å². The summed E-state index contributed by atoms with van der Waals surface area (Å²) in [4.78, 5) is 17.1. The molecule has 1 aliphatic carbocycles. The third kappa shape index (κ3) is 4.81. The number of benzene rings is 1. The van der Waals surface area contributed by atoms with Crippen molar-refractivity contribution in [2.45, 2.75) is 38.0 Å². The van der Waals surface area contributed by atoms with E-state index in [1.54, 1.807) is 6.20 Å². The highest BCUT2D eigenvalue weighted by Gasteiger charge is 2.42. The minimum atomic E-state index is -0.462. The molecule has 140 valence electrons. The molecule has 27 heavy (non-hydrogen) atoms. The first-order valence-corrected chi connectivity index (χ1v) is 9.53. The number of hydrogen-bond donors (Lipinski definition) is 1. The van der Waals surface area contributed by atoms with Crippen LogP contribution in [0.2, 0.25) is 5.02 Å². The number of ether oxygens (including phenoxy) is 1. The zero-order chi connectivity index (χ0) is 19.1. The molecule has 0 atom stereocenters. The Kier molecular flexibility index (Phi) is 6.36. The molecule has 1 aliphatic rings. The monoisotopic (exact) mass is 382 g/mol. The summed E-state index contributed by atoms with van der Waals surface area (Å²) in [6, 6.07) is 11.4. The van der Waals surface area contributed by atoms with Gasteiger partial charge in [-0.1, -0.05) is 48.4 Å². The van der Waals surface area contributed by atoms with Gasteiger partial charge >= 0.3 is 0 Å². The van der Waals surface area contributed by atoms with E-state index in [0.29, 0.717) is 17.3 Å². The highest BCUT2D eigenvalue weighted by atomic mass is 35.5. The van der Waals surface area contributed by atoms with Gasteiger partial charge in [0.25, 0.3) is 0 Å². The number of nitrogens with zero attached hydrogens (tertiary/aromatic N) is 1. The molecule has 0 radical (unpaired) electrons. The molecule has 0 spiro atoms. The lowest BCUT2D eigenvalue weighted by molar-refractivity contribution is -0.126. The molecular formula is C22H23ClN2O2. The highest BCUT2D eigenvalue weighted by molar-refractivity contribution is 6.30. The summed E-state index contributed by atoms with van der Waals surface area (Å²) in [6.07, 6.45) is 5.50. The van der Waals surface area contributed by atoms with Crippen LogP contribution in [0.1, 0.15) is 36.9 Å². The van der Waals surface area contributed by atoms with Gasteiger partial charge in [0.05, 0.1) is 18.2 Å². The molecule has 1 saturated carbocycles. The zero-order valence-corrected chi connectivity index (χ0v) is 16.2. The predicted octanol–water partition coefficient (Wildman–Crippen LogP) is 4.05.